The zero-order chi connectivity index (χ0) is 24.7. The lowest BCUT2D eigenvalue weighted by Crippen LogP contribution is -2.27. The molecule has 0 radical (unpaired) electrons. The van der Waals surface area contributed by atoms with Crippen LogP contribution in [-0.4, -0.2) is 19.9 Å². The Labute approximate surface area is 201 Å². The Kier molecular flexibility index (Phi) is 6.11. The summed E-state index contributed by atoms with van der Waals surface area (Å²) in [5, 5.41) is 2.26. The minimum atomic E-state index is -0.173. The van der Waals surface area contributed by atoms with Gasteiger partial charge >= 0.3 is 0 Å². The van der Waals surface area contributed by atoms with Crippen molar-refractivity contribution in [3.8, 4) is 23.1 Å². The van der Waals surface area contributed by atoms with Crippen LogP contribution < -0.4 is 11.5 Å². The predicted molar refractivity (Wildman–Crippen MR) is 139 cm³/mol. The van der Waals surface area contributed by atoms with Crippen LogP contribution in [0.3, 0.4) is 0 Å². The standard InChI is InChI=1S/C28H34N6/c1-27(2,3)23(29)25-31-15-21(33-25)12-8-17-7-9-19-14-20(11-10-18(19)13-17)22-16-32-26(34-22)24(30)28(4,5)6/h7,9-11,13-16,23-24H,29-30H2,1-6H3,(H,31,33)(H,32,34). The van der Waals surface area contributed by atoms with E-state index in [4.69, 9.17) is 11.5 Å². The van der Waals surface area contributed by atoms with E-state index in [0.29, 0.717) is 0 Å². The summed E-state index contributed by atoms with van der Waals surface area (Å²) in [6.07, 6.45) is 3.59. The van der Waals surface area contributed by atoms with Crippen molar-refractivity contribution in [1.82, 2.24) is 19.9 Å². The molecule has 0 saturated carbocycles. The third kappa shape index (κ3) is 5.06. The number of imidazole rings is 2. The number of benzene rings is 2. The molecule has 2 atom stereocenters. The molecule has 0 amide bonds. The van der Waals surface area contributed by atoms with Gasteiger partial charge < -0.3 is 21.4 Å². The number of nitrogens with two attached hydrogens (primary N) is 2. The molecular formula is C28H34N6. The number of fused-ring (bicyclic) bond motifs is 1. The van der Waals surface area contributed by atoms with Gasteiger partial charge in [-0.15, -0.1) is 0 Å². The van der Waals surface area contributed by atoms with Crippen LogP contribution in [0.25, 0.3) is 22.0 Å². The number of H-pyrrole nitrogens is 2. The van der Waals surface area contributed by atoms with Crippen LogP contribution in [0.4, 0.5) is 0 Å². The highest BCUT2D eigenvalue weighted by Gasteiger charge is 2.25. The highest BCUT2D eigenvalue weighted by atomic mass is 15.0. The Morgan fingerprint density at radius 2 is 1.32 bits per heavy atom. The minimum Gasteiger partial charge on any atom is -0.341 e. The van der Waals surface area contributed by atoms with Crippen molar-refractivity contribution in [3.63, 3.8) is 0 Å². The molecule has 0 aliphatic carbocycles. The van der Waals surface area contributed by atoms with Gasteiger partial charge in [-0.1, -0.05) is 65.7 Å². The predicted octanol–water partition coefficient (Wildman–Crippen LogP) is 5.44. The first-order chi connectivity index (χ1) is 15.9. The lowest BCUT2D eigenvalue weighted by Gasteiger charge is -2.25. The summed E-state index contributed by atoms with van der Waals surface area (Å²) in [6.45, 7) is 12.6. The molecule has 176 valence electrons. The average Bonchev–Trinajstić information content (AvgIpc) is 3.45. The fourth-order valence-corrected chi connectivity index (χ4v) is 3.65. The van der Waals surface area contributed by atoms with Gasteiger partial charge in [0.05, 0.1) is 30.2 Å². The summed E-state index contributed by atoms with van der Waals surface area (Å²) >= 11 is 0. The largest absolute Gasteiger partial charge is 0.341 e. The zero-order valence-electron chi connectivity index (χ0n) is 20.8. The molecule has 6 N–H and O–H groups in total. The fourth-order valence-electron chi connectivity index (χ4n) is 3.65. The first kappa shape index (κ1) is 23.7. The maximum atomic E-state index is 6.36. The van der Waals surface area contributed by atoms with Gasteiger partial charge in [0.15, 0.2) is 0 Å². The Hall–Kier alpha value is -3.40. The van der Waals surface area contributed by atoms with Gasteiger partial charge in [0.2, 0.25) is 0 Å². The molecule has 4 aromatic rings. The van der Waals surface area contributed by atoms with Crippen molar-refractivity contribution in [1.29, 1.82) is 0 Å². The van der Waals surface area contributed by atoms with Gasteiger partial charge in [-0.3, -0.25) is 0 Å². The van der Waals surface area contributed by atoms with Crippen LogP contribution in [0.1, 0.15) is 76.5 Å². The van der Waals surface area contributed by atoms with Crippen LogP contribution in [0.2, 0.25) is 0 Å². The SMILES string of the molecule is CC(C)(C)C(N)c1ncc(C#Cc2ccc3cc(-c4cnc(C(N)C(C)(C)C)[nH]4)ccc3c2)[nH]1. The van der Waals surface area contributed by atoms with Crippen LogP contribution >= 0.6 is 0 Å². The summed E-state index contributed by atoms with van der Waals surface area (Å²) in [5.41, 5.74) is 16.2. The van der Waals surface area contributed by atoms with E-state index in [1.54, 1.807) is 6.20 Å². The van der Waals surface area contributed by atoms with E-state index in [0.717, 1.165) is 44.9 Å². The van der Waals surface area contributed by atoms with Gasteiger partial charge in [0.1, 0.15) is 17.3 Å². The van der Waals surface area contributed by atoms with E-state index in [2.05, 4.69) is 104 Å². The quantitative estimate of drug-likeness (QED) is 0.309. The monoisotopic (exact) mass is 454 g/mol. The summed E-state index contributed by atoms with van der Waals surface area (Å²) in [5.74, 6) is 7.96. The summed E-state index contributed by atoms with van der Waals surface area (Å²) in [4.78, 5) is 15.6. The third-order valence-corrected chi connectivity index (χ3v) is 6.14. The number of aromatic nitrogens is 4. The maximum Gasteiger partial charge on any atom is 0.124 e. The Bertz CT molecular complexity index is 1370. The van der Waals surface area contributed by atoms with Crippen molar-refractivity contribution < 1.29 is 0 Å². The molecule has 34 heavy (non-hydrogen) atoms. The van der Waals surface area contributed by atoms with Crippen molar-refractivity contribution in [2.45, 2.75) is 53.6 Å². The number of hydrogen-bond acceptors (Lipinski definition) is 4. The van der Waals surface area contributed by atoms with Crippen molar-refractivity contribution in [2.24, 2.45) is 22.3 Å². The molecule has 4 rings (SSSR count). The molecular weight excluding hydrogens is 420 g/mol. The normalized spacial score (nSPS) is 14.0. The summed E-state index contributed by atoms with van der Waals surface area (Å²) in [7, 11) is 0. The maximum absolute atomic E-state index is 6.36. The van der Waals surface area contributed by atoms with E-state index in [9.17, 15) is 0 Å². The molecule has 6 heteroatoms. The summed E-state index contributed by atoms with van der Waals surface area (Å²) < 4.78 is 0. The molecule has 6 nitrogen and oxygen atoms in total. The lowest BCUT2D eigenvalue weighted by atomic mass is 9.87. The minimum absolute atomic E-state index is 0.0632. The summed E-state index contributed by atoms with van der Waals surface area (Å²) in [6, 6.07) is 12.2. The van der Waals surface area contributed by atoms with Crippen molar-refractivity contribution in [2.75, 3.05) is 0 Å². The van der Waals surface area contributed by atoms with Crippen LogP contribution in [-0.2, 0) is 0 Å². The highest BCUT2D eigenvalue weighted by molar-refractivity contribution is 5.88. The highest BCUT2D eigenvalue weighted by Crippen LogP contribution is 2.31. The van der Waals surface area contributed by atoms with Crippen LogP contribution in [0, 0.1) is 22.7 Å². The number of nitrogens with zero attached hydrogens (tertiary/aromatic N) is 2. The molecule has 0 saturated heterocycles. The Balaban J connectivity index is 1.55. The average molecular weight is 455 g/mol. The van der Waals surface area contributed by atoms with Crippen molar-refractivity contribution in [3.05, 3.63) is 71.7 Å². The Morgan fingerprint density at radius 3 is 2.00 bits per heavy atom. The van der Waals surface area contributed by atoms with E-state index in [-0.39, 0.29) is 22.9 Å². The van der Waals surface area contributed by atoms with Crippen molar-refractivity contribution >= 4 is 10.8 Å². The second-order valence-corrected chi connectivity index (χ2v) is 11.1. The number of aromatic amines is 2. The molecule has 0 spiro atoms. The number of rotatable bonds is 3. The van der Waals surface area contributed by atoms with Crippen LogP contribution in [0.15, 0.2) is 48.8 Å². The molecule has 0 aliphatic heterocycles. The molecule has 0 fully saturated rings. The topological polar surface area (TPSA) is 109 Å². The molecule has 2 aromatic carbocycles. The second-order valence-electron chi connectivity index (χ2n) is 11.1. The molecule has 0 bridgehead atoms. The van der Waals surface area contributed by atoms with Crippen LogP contribution in [0.5, 0.6) is 0 Å². The Morgan fingerprint density at radius 1 is 0.735 bits per heavy atom. The second kappa shape index (κ2) is 8.75. The van der Waals surface area contributed by atoms with E-state index < -0.39 is 0 Å². The van der Waals surface area contributed by atoms with Gasteiger partial charge in [0.25, 0.3) is 0 Å². The van der Waals surface area contributed by atoms with Gasteiger partial charge in [-0.05, 0) is 45.7 Å². The number of nitrogens with one attached hydrogen (secondary N) is 2. The van der Waals surface area contributed by atoms with Gasteiger partial charge in [-0.25, -0.2) is 9.97 Å². The van der Waals surface area contributed by atoms with E-state index in [1.807, 2.05) is 12.3 Å². The zero-order valence-corrected chi connectivity index (χ0v) is 20.8. The number of hydrogen-bond donors (Lipinski definition) is 4. The molecule has 2 heterocycles. The molecule has 2 aromatic heterocycles. The van der Waals surface area contributed by atoms with E-state index in [1.165, 1.54) is 0 Å². The van der Waals surface area contributed by atoms with Gasteiger partial charge in [-0.2, -0.15) is 0 Å². The third-order valence-electron chi connectivity index (χ3n) is 6.14. The smallest absolute Gasteiger partial charge is 0.124 e. The first-order valence-electron chi connectivity index (χ1n) is 11.6. The molecule has 0 aliphatic rings. The fraction of sp³-hybridized carbons (Fsp3) is 0.357. The lowest BCUT2D eigenvalue weighted by molar-refractivity contribution is 0.316. The molecule has 2 unspecified atom stereocenters. The van der Waals surface area contributed by atoms with Gasteiger partial charge in [0, 0.05) is 11.1 Å². The van der Waals surface area contributed by atoms with E-state index >= 15 is 0 Å². The first-order valence-corrected chi connectivity index (χ1v) is 11.6.